The molecule has 0 bridgehead atoms. The quantitative estimate of drug-likeness (QED) is 0.746. The van der Waals surface area contributed by atoms with Crippen molar-refractivity contribution in [2.45, 2.75) is 12.2 Å². The molecule has 74 valence electrons. The summed E-state index contributed by atoms with van der Waals surface area (Å²) in [6.45, 7) is 0.227. The number of aliphatic hydroxyl groups excluding tert-OH is 1. The second-order valence-electron chi connectivity index (χ2n) is 2.75. The first kappa shape index (κ1) is 11.0. The first-order valence-corrected chi connectivity index (χ1v) is 5.56. The van der Waals surface area contributed by atoms with Crippen molar-refractivity contribution in [2.24, 2.45) is 0 Å². The highest BCUT2D eigenvalue weighted by Crippen LogP contribution is 2.14. The van der Waals surface area contributed by atoms with E-state index in [1.54, 1.807) is 18.0 Å². The van der Waals surface area contributed by atoms with Crippen LogP contribution in [0.15, 0.2) is 18.3 Å². The minimum absolute atomic E-state index is 0.227. The van der Waals surface area contributed by atoms with Crippen LogP contribution in [0, 0.1) is 11.3 Å². The minimum atomic E-state index is 0.227. The van der Waals surface area contributed by atoms with Crippen LogP contribution in [0.4, 0.5) is 0 Å². The molecule has 0 fully saturated rings. The maximum Gasteiger partial charge on any atom is 0.144 e. The van der Waals surface area contributed by atoms with Gasteiger partial charge in [-0.1, -0.05) is 6.07 Å². The van der Waals surface area contributed by atoms with E-state index in [0.717, 1.165) is 23.5 Å². The van der Waals surface area contributed by atoms with Crippen LogP contribution in [0.5, 0.6) is 0 Å². The summed E-state index contributed by atoms with van der Waals surface area (Å²) in [5.74, 6) is 1.70. The Morgan fingerprint density at radius 3 is 3.14 bits per heavy atom. The van der Waals surface area contributed by atoms with E-state index >= 15 is 0 Å². The molecule has 0 radical (unpaired) electrons. The molecule has 0 unspecified atom stereocenters. The van der Waals surface area contributed by atoms with Gasteiger partial charge < -0.3 is 5.11 Å². The van der Waals surface area contributed by atoms with Gasteiger partial charge in [-0.2, -0.15) is 17.0 Å². The lowest BCUT2D eigenvalue weighted by Crippen LogP contribution is -1.92. The molecule has 14 heavy (non-hydrogen) atoms. The predicted octanol–water partition coefficient (Wildman–Crippen LogP) is 1.57. The summed E-state index contributed by atoms with van der Waals surface area (Å²) in [7, 11) is 0. The number of pyridine rings is 1. The van der Waals surface area contributed by atoms with Crippen molar-refractivity contribution in [1.82, 2.24) is 4.98 Å². The number of aromatic nitrogens is 1. The third kappa shape index (κ3) is 3.36. The van der Waals surface area contributed by atoms with Crippen molar-refractivity contribution in [1.29, 1.82) is 5.26 Å². The fraction of sp³-hybridized carbons (Fsp3) is 0.400. The number of rotatable bonds is 5. The van der Waals surface area contributed by atoms with Gasteiger partial charge in [0.25, 0.3) is 0 Å². The highest BCUT2D eigenvalue weighted by atomic mass is 32.2. The Morgan fingerprint density at radius 1 is 1.57 bits per heavy atom. The Labute approximate surface area is 87.8 Å². The third-order valence-electron chi connectivity index (χ3n) is 1.70. The number of hydrogen-bond acceptors (Lipinski definition) is 4. The summed E-state index contributed by atoms with van der Waals surface area (Å²) in [5.41, 5.74) is 1.47. The summed E-state index contributed by atoms with van der Waals surface area (Å²) in [4.78, 5) is 3.97. The van der Waals surface area contributed by atoms with Gasteiger partial charge in [0.15, 0.2) is 0 Å². The van der Waals surface area contributed by atoms with Crippen molar-refractivity contribution < 1.29 is 5.11 Å². The number of hydrogen-bond donors (Lipinski definition) is 1. The molecule has 0 saturated heterocycles. The van der Waals surface area contributed by atoms with Crippen molar-refractivity contribution in [3.63, 3.8) is 0 Å². The van der Waals surface area contributed by atoms with E-state index in [0.29, 0.717) is 5.69 Å². The van der Waals surface area contributed by atoms with Gasteiger partial charge in [0.05, 0.1) is 0 Å². The van der Waals surface area contributed by atoms with E-state index in [-0.39, 0.29) is 6.61 Å². The van der Waals surface area contributed by atoms with Gasteiger partial charge in [-0.05, 0) is 23.8 Å². The van der Waals surface area contributed by atoms with Gasteiger partial charge in [-0.25, -0.2) is 4.98 Å². The predicted molar refractivity (Wildman–Crippen MR) is 56.8 cm³/mol. The Bertz CT molecular complexity index is 322. The second kappa shape index (κ2) is 6.41. The van der Waals surface area contributed by atoms with E-state index in [2.05, 4.69) is 11.1 Å². The van der Waals surface area contributed by atoms with E-state index in [4.69, 9.17) is 10.4 Å². The lowest BCUT2D eigenvalue weighted by atomic mass is 10.2. The fourth-order valence-electron chi connectivity index (χ4n) is 1.00. The Kier molecular flexibility index (Phi) is 5.05. The van der Waals surface area contributed by atoms with Gasteiger partial charge in [-0.3, -0.25) is 0 Å². The average Bonchev–Trinajstić information content (AvgIpc) is 2.25. The molecule has 3 nitrogen and oxygen atoms in total. The van der Waals surface area contributed by atoms with Crippen molar-refractivity contribution in [3.8, 4) is 6.07 Å². The van der Waals surface area contributed by atoms with E-state index in [1.165, 1.54) is 0 Å². The summed E-state index contributed by atoms with van der Waals surface area (Å²) in [6, 6.07) is 5.81. The normalized spacial score (nSPS) is 9.71. The zero-order chi connectivity index (χ0) is 10.2. The Hall–Kier alpha value is -1.05. The lowest BCUT2D eigenvalue weighted by Gasteiger charge is -2.01. The molecular formula is C10H12N2OS. The van der Waals surface area contributed by atoms with Gasteiger partial charge in [-0.15, -0.1) is 0 Å². The number of aliphatic hydroxyl groups is 1. The zero-order valence-electron chi connectivity index (χ0n) is 7.81. The highest BCUT2D eigenvalue weighted by Gasteiger charge is 2.01. The minimum Gasteiger partial charge on any atom is -0.396 e. The van der Waals surface area contributed by atoms with Crippen LogP contribution in [0.25, 0.3) is 0 Å². The van der Waals surface area contributed by atoms with Crippen LogP contribution >= 0.6 is 11.8 Å². The molecule has 1 N–H and O–H groups in total. The van der Waals surface area contributed by atoms with E-state index in [9.17, 15) is 0 Å². The molecular weight excluding hydrogens is 196 g/mol. The highest BCUT2D eigenvalue weighted by molar-refractivity contribution is 7.98. The molecule has 1 heterocycles. The molecule has 1 rings (SSSR count). The van der Waals surface area contributed by atoms with Crippen molar-refractivity contribution >= 4 is 11.8 Å². The first-order chi connectivity index (χ1) is 6.88. The van der Waals surface area contributed by atoms with Gasteiger partial charge in [0, 0.05) is 18.6 Å². The molecule has 0 atom stereocenters. The standard InChI is InChI=1S/C10H12N2OS/c11-7-10-9(3-1-4-12-10)8-14-6-2-5-13/h1,3-4,13H,2,5-6,8H2. The molecule has 0 spiro atoms. The van der Waals surface area contributed by atoms with Crippen LogP contribution in [-0.4, -0.2) is 22.5 Å². The van der Waals surface area contributed by atoms with Crippen LogP contribution in [0.1, 0.15) is 17.7 Å². The molecule has 0 aliphatic heterocycles. The summed E-state index contributed by atoms with van der Waals surface area (Å²) in [5, 5.41) is 17.3. The molecule has 1 aromatic rings. The van der Waals surface area contributed by atoms with Crippen LogP contribution in [-0.2, 0) is 5.75 Å². The van der Waals surface area contributed by atoms with Crippen LogP contribution in [0.2, 0.25) is 0 Å². The lowest BCUT2D eigenvalue weighted by molar-refractivity contribution is 0.296. The van der Waals surface area contributed by atoms with Gasteiger partial charge in [0.1, 0.15) is 11.8 Å². The maximum absolute atomic E-state index is 8.76. The Morgan fingerprint density at radius 2 is 2.43 bits per heavy atom. The van der Waals surface area contributed by atoms with Gasteiger partial charge >= 0.3 is 0 Å². The molecule has 0 saturated carbocycles. The molecule has 0 aliphatic carbocycles. The van der Waals surface area contributed by atoms with E-state index < -0.39 is 0 Å². The largest absolute Gasteiger partial charge is 0.396 e. The molecule has 4 heteroatoms. The molecule has 0 aromatic carbocycles. The van der Waals surface area contributed by atoms with Crippen LogP contribution in [0.3, 0.4) is 0 Å². The van der Waals surface area contributed by atoms with E-state index in [1.807, 2.05) is 12.1 Å². The fourth-order valence-corrected chi connectivity index (χ4v) is 1.93. The third-order valence-corrected chi connectivity index (χ3v) is 2.79. The molecule has 0 aliphatic rings. The van der Waals surface area contributed by atoms with Gasteiger partial charge in [0.2, 0.25) is 0 Å². The summed E-state index contributed by atoms with van der Waals surface area (Å²) < 4.78 is 0. The first-order valence-electron chi connectivity index (χ1n) is 4.41. The topological polar surface area (TPSA) is 56.9 Å². The Balaban J connectivity index is 2.46. The summed E-state index contributed by atoms with van der Waals surface area (Å²) >= 11 is 1.71. The zero-order valence-corrected chi connectivity index (χ0v) is 8.63. The smallest absolute Gasteiger partial charge is 0.144 e. The number of nitriles is 1. The van der Waals surface area contributed by atoms with Crippen molar-refractivity contribution in [3.05, 3.63) is 29.6 Å². The summed E-state index contributed by atoms with van der Waals surface area (Å²) in [6.07, 6.45) is 2.42. The van der Waals surface area contributed by atoms with Crippen LogP contribution < -0.4 is 0 Å². The van der Waals surface area contributed by atoms with Crippen molar-refractivity contribution in [2.75, 3.05) is 12.4 Å². The maximum atomic E-state index is 8.76. The molecule has 1 aromatic heterocycles. The SMILES string of the molecule is N#Cc1ncccc1CSCCCO. The number of thioether (sulfide) groups is 1. The monoisotopic (exact) mass is 208 g/mol. The molecule has 0 amide bonds. The number of nitrogens with zero attached hydrogens (tertiary/aromatic N) is 2. The second-order valence-corrected chi connectivity index (χ2v) is 3.86. The average molecular weight is 208 g/mol.